The van der Waals surface area contributed by atoms with E-state index < -0.39 is 17.7 Å². The smallest absolute Gasteiger partial charge is 0.410 e. The van der Waals surface area contributed by atoms with Crippen LogP contribution in [0.15, 0.2) is 0 Å². The molecule has 1 aliphatic rings. The van der Waals surface area contributed by atoms with Crippen LogP contribution in [0.3, 0.4) is 0 Å². The highest BCUT2D eigenvalue weighted by molar-refractivity contribution is 6.32. The number of likely N-dealkylation sites (tertiary alicyclic amines) is 1. The van der Waals surface area contributed by atoms with Gasteiger partial charge >= 0.3 is 12.1 Å². The minimum atomic E-state index is -0.684. The number of amides is 1. The second-order valence-corrected chi connectivity index (χ2v) is 6.82. The van der Waals surface area contributed by atoms with Crippen molar-refractivity contribution < 1.29 is 23.9 Å². The van der Waals surface area contributed by atoms with Gasteiger partial charge in [0, 0.05) is 13.1 Å². The molecule has 0 bridgehead atoms. The molecule has 0 saturated carbocycles. The van der Waals surface area contributed by atoms with Crippen molar-refractivity contribution in [1.82, 2.24) is 14.5 Å². The Kier molecular flexibility index (Phi) is 5.17. The zero-order valence-corrected chi connectivity index (χ0v) is 14.8. The van der Waals surface area contributed by atoms with Crippen molar-refractivity contribution in [1.29, 1.82) is 0 Å². The molecule has 1 saturated heterocycles. The number of aromatic nitrogens is 2. The molecular formula is C15H20ClN3O5. The lowest BCUT2D eigenvalue weighted by Crippen LogP contribution is -2.35. The monoisotopic (exact) mass is 357 g/mol. The summed E-state index contributed by atoms with van der Waals surface area (Å²) in [6.45, 7) is 6.08. The topological polar surface area (TPSA) is 90.7 Å². The van der Waals surface area contributed by atoms with Crippen LogP contribution >= 0.6 is 11.6 Å². The highest BCUT2D eigenvalue weighted by Crippen LogP contribution is 2.29. The number of aldehydes is 1. The third-order valence-electron chi connectivity index (χ3n) is 3.56. The average Bonchev–Trinajstić information content (AvgIpc) is 3.08. The van der Waals surface area contributed by atoms with Gasteiger partial charge in [-0.05, 0) is 27.2 Å². The zero-order valence-electron chi connectivity index (χ0n) is 14.0. The maximum Gasteiger partial charge on any atom is 0.410 e. The van der Waals surface area contributed by atoms with Crippen LogP contribution in [0.1, 0.15) is 54.3 Å². The van der Waals surface area contributed by atoms with Gasteiger partial charge in [0.25, 0.3) is 0 Å². The number of methoxy groups -OCH3 is 1. The van der Waals surface area contributed by atoms with Gasteiger partial charge in [-0.2, -0.15) is 0 Å². The summed E-state index contributed by atoms with van der Waals surface area (Å²) in [4.78, 5) is 40.8. The zero-order chi connectivity index (χ0) is 18.1. The number of hydrogen-bond donors (Lipinski definition) is 0. The third kappa shape index (κ3) is 3.69. The quantitative estimate of drug-likeness (QED) is 0.609. The molecule has 9 heteroatoms. The first-order valence-corrected chi connectivity index (χ1v) is 7.85. The average molecular weight is 358 g/mol. The Labute approximate surface area is 144 Å². The molecule has 2 heterocycles. The van der Waals surface area contributed by atoms with Crippen LogP contribution in [0.2, 0.25) is 5.15 Å². The molecule has 1 aliphatic heterocycles. The Morgan fingerprint density at radius 2 is 2.04 bits per heavy atom. The van der Waals surface area contributed by atoms with E-state index in [0.29, 0.717) is 19.3 Å². The van der Waals surface area contributed by atoms with Crippen molar-refractivity contribution in [2.45, 2.75) is 38.8 Å². The van der Waals surface area contributed by atoms with E-state index in [1.165, 1.54) is 16.6 Å². The SMILES string of the molecule is COC(=O)c1c(Cl)nc(C=O)n1[C@@H]1CCN(C(=O)OC(C)(C)C)C1. The minimum absolute atomic E-state index is 0.0114. The molecule has 1 fully saturated rings. The molecule has 0 aromatic carbocycles. The summed E-state index contributed by atoms with van der Waals surface area (Å²) < 4.78 is 11.5. The Balaban J connectivity index is 2.26. The van der Waals surface area contributed by atoms with Crippen LogP contribution < -0.4 is 0 Å². The van der Waals surface area contributed by atoms with Crippen molar-refractivity contribution in [2.24, 2.45) is 0 Å². The van der Waals surface area contributed by atoms with Gasteiger partial charge in [0.15, 0.2) is 23.0 Å². The number of esters is 1. The van der Waals surface area contributed by atoms with E-state index in [4.69, 9.17) is 21.1 Å². The first-order chi connectivity index (χ1) is 11.2. The van der Waals surface area contributed by atoms with Crippen LogP contribution in [-0.4, -0.2) is 58.6 Å². The van der Waals surface area contributed by atoms with E-state index in [2.05, 4.69) is 4.98 Å². The van der Waals surface area contributed by atoms with E-state index in [-0.39, 0.29) is 29.3 Å². The Morgan fingerprint density at radius 3 is 2.58 bits per heavy atom. The lowest BCUT2D eigenvalue weighted by atomic mass is 10.2. The van der Waals surface area contributed by atoms with Crippen LogP contribution in [0, 0.1) is 0 Å². The molecule has 0 spiro atoms. The summed E-state index contributed by atoms with van der Waals surface area (Å²) in [6.07, 6.45) is 0.620. The molecule has 1 amide bonds. The molecule has 1 aromatic rings. The van der Waals surface area contributed by atoms with Crippen molar-refractivity contribution in [3.8, 4) is 0 Å². The van der Waals surface area contributed by atoms with Crippen molar-refractivity contribution >= 4 is 29.9 Å². The molecule has 0 N–H and O–H groups in total. The second kappa shape index (κ2) is 6.80. The van der Waals surface area contributed by atoms with E-state index in [1.54, 1.807) is 20.8 Å². The summed E-state index contributed by atoms with van der Waals surface area (Å²) in [7, 11) is 1.22. The number of halogens is 1. The van der Waals surface area contributed by atoms with Crippen LogP contribution in [-0.2, 0) is 9.47 Å². The van der Waals surface area contributed by atoms with E-state index in [9.17, 15) is 14.4 Å². The predicted octanol–water partition coefficient (Wildman–Crippen LogP) is 2.32. The molecule has 1 aromatic heterocycles. The maximum atomic E-state index is 12.2. The number of imidazole rings is 1. The van der Waals surface area contributed by atoms with Crippen LogP contribution in [0.25, 0.3) is 0 Å². The summed E-state index contributed by atoms with van der Waals surface area (Å²) in [5.41, 5.74) is -0.587. The number of carbonyl (C=O) groups is 3. The molecule has 0 unspecified atom stereocenters. The number of rotatable bonds is 3. The van der Waals surface area contributed by atoms with Gasteiger partial charge in [-0.25, -0.2) is 14.6 Å². The summed E-state index contributed by atoms with van der Waals surface area (Å²) >= 11 is 5.97. The minimum Gasteiger partial charge on any atom is -0.464 e. The first-order valence-electron chi connectivity index (χ1n) is 7.47. The fraction of sp³-hybridized carbons (Fsp3) is 0.600. The van der Waals surface area contributed by atoms with Gasteiger partial charge in [0.2, 0.25) is 0 Å². The van der Waals surface area contributed by atoms with Gasteiger partial charge in [-0.1, -0.05) is 11.6 Å². The van der Waals surface area contributed by atoms with E-state index in [0.717, 1.165) is 0 Å². The van der Waals surface area contributed by atoms with Crippen LogP contribution in [0.5, 0.6) is 0 Å². The fourth-order valence-corrected chi connectivity index (χ4v) is 2.85. The molecular weight excluding hydrogens is 338 g/mol. The fourth-order valence-electron chi connectivity index (χ4n) is 2.60. The van der Waals surface area contributed by atoms with Crippen LogP contribution in [0.4, 0.5) is 4.79 Å². The van der Waals surface area contributed by atoms with Gasteiger partial charge < -0.3 is 18.9 Å². The molecule has 1 atom stereocenters. The maximum absolute atomic E-state index is 12.2. The van der Waals surface area contributed by atoms with Crippen molar-refractivity contribution in [2.75, 3.05) is 20.2 Å². The number of hydrogen-bond acceptors (Lipinski definition) is 6. The summed E-state index contributed by atoms with van der Waals surface area (Å²) in [6, 6.07) is -0.313. The largest absolute Gasteiger partial charge is 0.464 e. The highest BCUT2D eigenvalue weighted by atomic mass is 35.5. The normalized spacial score (nSPS) is 17.7. The molecule has 8 nitrogen and oxygen atoms in total. The van der Waals surface area contributed by atoms with Gasteiger partial charge in [-0.15, -0.1) is 0 Å². The Hall–Kier alpha value is -2.09. The van der Waals surface area contributed by atoms with Crippen molar-refractivity contribution in [3.63, 3.8) is 0 Å². The molecule has 0 radical (unpaired) electrons. The summed E-state index contributed by atoms with van der Waals surface area (Å²) in [5, 5.41) is -0.0975. The second-order valence-electron chi connectivity index (χ2n) is 6.46. The van der Waals surface area contributed by atoms with Gasteiger partial charge in [0.1, 0.15) is 5.60 Å². The number of carbonyl (C=O) groups excluding carboxylic acids is 3. The molecule has 132 valence electrons. The van der Waals surface area contributed by atoms with E-state index >= 15 is 0 Å². The highest BCUT2D eigenvalue weighted by Gasteiger charge is 2.35. The van der Waals surface area contributed by atoms with Gasteiger partial charge in [0.05, 0.1) is 13.2 Å². The number of ether oxygens (including phenoxy) is 2. The van der Waals surface area contributed by atoms with E-state index in [1.807, 2.05) is 0 Å². The number of nitrogens with zero attached hydrogens (tertiary/aromatic N) is 3. The predicted molar refractivity (Wildman–Crippen MR) is 85.4 cm³/mol. The lowest BCUT2D eigenvalue weighted by molar-refractivity contribution is 0.0289. The Bertz CT molecular complexity index is 665. The third-order valence-corrected chi connectivity index (χ3v) is 3.82. The lowest BCUT2D eigenvalue weighted by Gasteiger charge is -2.24. The van der Waals surface area contributed by atoms with Crippen molar-refractivity contribution in [3.05, 3.63) is 16.7 Å². The molecule has 24 heavy (non-hydrogen) atoms. The molecule has 2 rings (SSSR count). The van der Waals surface area contributed by atoms with Gasteiger partial charge in [-0.3, -0.25) is 4.79 Å². The molecule has 0 aliphatic carbocycles. The summed E-state index contributed by atoms with van der Waals surface area (Å²) in [5.74, 6) is -0.659. The Morgan fingerprint density at radius 1 is 1.38 bits per heavy atom. The standard InChI is InChI=1S/C15H20ClN3O5/c1-15(2,3)24-14(22)18-6-5-9(7-18)19-10(8-20)17-12(16)11(19)13(21)23-4/h8-9H,5-7H2,1-4H3/t9-/m1/s1. The first kappa shape index (κ1) is 18.3.